The number of pyridine rings is 1. The summed E-state index contributed by atoms with van der Waals surface area (Å²) < 4.78 is 9.95. The third-order valence-electron chi connectivity index (χ3n) is 5.54. The second-order valence-corrected chi connectivity index (χ2v) is 11.2. The molecule has 13 nitrogen and oxygen atoms in total. The van der Waals surface area contributed by atoms with Crippen LogP contribution in [0, 0.1) is 10.1 Å². The fraction of sp³-hybridized carbons (Fsp3) is 0.462. The second kappa shape index (κ2) is 18.2. The molecule has 0 bridgehead atoms. The monoisotopic (exact) mass is 610 g/mol. The van der Waals surface area contributed by atoms with Gasteiger partial charge in [0.25, 0.3) is 11.6 Å². The summed E-state index contributed by atoms with van der Waals surface area (Å²) >= 11 is 0. The molecule has 0 aliphatic carbocycles. The molecule has 0 aliphatic heterocycles. The Balaban J connectivity index is 1.62. The molecule has 0 spiro atoms. The van der Waals surface area contributed by atoms with Crippen molar-refractivity contribution in [3.63, 3.8) is 0 Å². The van der Waals surface area contributed by atoms with Gasteiger partial charge in [0.2, 0.25) is 5.91 Å². The van der Waals surface area contributed by atoms with Crippen molar-refractivity contribution in [1.29, 1.82) is 0 Å². The third-order valence-corrected chi connectivity index (χ3v) is 8.27. The highest BCUT2D eigenvalue weighted by Gasteiger charge is 2.16. The van der Waals surface area contributed by atoms with Crippen molar-refractivity contribution in [2.45, 2.75) is 55.8 Å². The van der Waals surface area contributed by atoms with Gasteiger partial charge in [-0.15, -0.1) is 0 Å². The third kappa shape index (κ3) is 12.9. The van der Waals surface area contributed by atoms with Crippen LogP contribution in [0.5, 0.6) is 0 Å². The number of hydrogen-bond donors (Lipinski definition) is 4. The van der Waals surface area contributed by atoms with Gasteiger partial charge in [0.1, 0.15) is 17.8 Å². The summed E-state index contributed by atoms with van der Waals surface area (Å²) in [6.07, 6.45) is -0.514. The van der Waals surface area contributed by atoms with Gasteiger partial charge < -0.3 is 30.3 Å². The Morgan fingerprint density at radius 2 is 1.80 bits per heavy atom. The van der Waals surface area contributed by atoms with E-state index in [9.17, 15) is 29.6 Å². The summed E-state index contributed by atoms with van der Waals surface area (Å²) in [4.78, 5) is 50.4. The predicted octanol–water partition coefficient (Wildman–Crippen LogP) is 2.77. The smallest absolute Gasteiger partial charge is 0.306 e. The van der Waals surface area contributed by atoms with Gasteiger partial charge in [-0.1, -0.05) is 29.9 Å². The molecular weight excluding hydrogens is 576 g/mol. The lowest BCUT2D eigenvalue weighted by Crippen LogP contribution is -2.35. The molecule has 2 rings (SSSR count). The highest BCUT2D eigenvalue weighted by Crippen LogP contribution is 2.41. The van der Waals surface area contributed by atoms with Gasteiger partial charge in [-0.3, -0.25) is 24.5 Å². The normalized spacial score (nSPS) is 13.1. The Morgan fingerprint density at radius 1 is 1.10 bits per heavy atom. The largest absolute Gasteiger partial charge is 0.460 e. The minimum absolute atomic E-state index is 0.0633. The van der Waals surface area contributed by atoms with Gasteiger partial charge >= 0.3 is 5.97 Å². The molecule has 1 heterocycles. The number of aliphatic hydroxyl groups is 2. The number of amides is 2. The van der Waals surface area contributed by atoms with Crippen LogP contribution in [-0.2, 0) is 19.1 Å². The molecule has 0 saturated carbocycles. The van der Waals surface area contributed by atoms with E-state index < -0.39 is 35.8 Å². The number of aliphatic hydroxyl groups excluding tert-OH is 2. The van der Waals surface area contributed by atoms with Crippen molar-refractivity contribution < 1.29 is 39.0 Å². The maximum atomic E-state index is 12.4. The number of esters is 1. The molecule has 0 fully saturated rings. The molecule has 224 valence electrons. The van der Waals surface area contributed by atoms with Crippen molar-refractivity contribution in [1.82, 2.24) is 15.6 Å². The maximum Gasteiger partial charge on any atom is 0.306 e. The Labute approximate surface area is 245 Å². The first-order chi connectivity index (χ1) is 19.6. The molecule has 3 unspecified atom stereocenters. The zero-order chi connectivity index (χ0) is 30.2. The molecule has 4 N–H and O–H groups in total. The average molecular weight is 611 g/mol. The molecule has 15 heteroatoms. The van der Waals surface area contributed by atoms with Gasteiger partial charge in [-0.25, -0.2) is 4.98 Å². The lowest BCUT2D eigenvalue weighted by molar-refractivity contribution is -0.385. The van der Waals surface area contributed by atoms with E-state index in [2.05, 4.69) is 15.6 Å². The topological polar surface area (TPSA) is 190 Å². The highest BCUT2D eigenvalue weighted by atomic mass is 33.1. The van der Waals surface area contributed by atoms with Crippen LogP contribution in [0.2, 0.25) is 0 Å². The summed E-state index contributed by atoms with van der Waals surface area (Å²) in [6, 6.07) is 10.1. The summed E-state index contributed by atoms with van der Waals surface area (Å²) in [5, 5.41) is 35.5. The predicted molar refractivity (Wildman–Crippen MR) is 153 cm³/mol. The molecule has 1 aromatic carbocycles. The molecule has 41 heavy (non-hydrogen) atoms. The summed E-state index contributed by atoms with van der Waals surface area (Å²) in [5.74, 6) is -1.37. The van der Waals surface area contributed by atoms with E-state index in [4.69, 9.17) is 14.6 Å². The van der Waals surface area contributed by atoms with Crippen LogP contribution in [0.25, 0.3) is 0 Å². The summed E-state index contributed by atoms with van der Waals surface area (Å²) in [5.41, 5.74) is 1.39. The standard InChI is InChI=1S/C26H34N4O9S2/c1-3-21(15-31)39-25(34)16-38-24(33)11-9-22(32)27-12-13-28-26(35)19-6-4-18(5-7-19)17(2)40-41-23-10-8-20(14-29-23)30(36)37/h4-8,10,14,17,21,25,31,34H,3,9,11-13,15-16H2,1-2H3,(H,27,32)(H,28,35). The Kier molecular flexibility index (Phi) is 15.1. The number of carbonyl (C=O) groups is 3. The maximum absolute atomic E-state index is 12.4. The molecule has 0 saturated heterocycles. The lowest BCUT2D eigenvalue weighted by atomic mass is 10.1. The van der Waals surface area contributed by atoms with Crippen molar-refractivity contribution in [3.8, 4) is 0 Å². The van der Waals surface area contributed by atoms with E-state index in [1.165, 1.54) is 33.9 Å². The first-order valence-corrected chi connectivity index (χ1v) is 15.0. The fourth-order valence-electron chi connectivity index (χ4n) is 3.16. The van der Waals surface area contributed by atoms with Gasteiger partial charge in [0.15, 0.2) is 6.29 Å². The number of hydrogen-bond acceptors (Lipinski definition) is 12. The van der Waals surface area contributed by atoms with Crippen LogP contribution in [0.4, 0.5) is 5.69 Å². The molecular formula is C26H34N4O9S2. The van der Waals surface area contributed by atoms with E-state index in [-0.39, 0.29) is 49.4 Å². The van der Waals surface area contributed by atoms with Gasteiger partial charge in [-0.2, -0.15) is 0 Å². The first kappa shape index (κ1) is 34.0. The van der Waals surface area contributed by atoms with Gasteiger partial charge in [0.05, 0.1) is 24.1 Å². The molecule has 0 aliphatic rings. The number of benzene rings is 1. The summed E-state index contributed by atoms with van der Waals surface area (Å²) in [6.45, 7) is 3.47. The van der Waals surface area contributed by atoms with Crippen molar-refractivity contribution in [2.24, 2.45) is 0 Å². The van der Waals surface area contributed by atoms with Crippen molar-refractivity contribution >= 4 is 45.1 Å². The van der Waals surface area contributed by atoms with Gasteiger partial charge in [-0.05, 0) is 47.9 Å². The van der Waals surface area contributed by atoms with E-state index in [0.29, 0.717) is 17.0 Å². The lowest BCUT2D eigenvalue weighted by Gasteiger charge is -2.18. The zero-order valence-corrected chi connectivity index (χ0v) is 24.3. The Bertz CT molecular complexity index is 1130. The average Bonchev–Trinajstić information content (AvgIpc) is 2.98. The van der Waals surface area contributed by atoms with Crippen molar-refractivity contribution in [3.05, 3.63) is 63.8 Å². The molecule has 0 radical (unpaired) electrons. The van der Waals surface area contributed by atoms with E-state index >= 15 is 0 Å². The number of rotatable bonds is 18. The minimum atomic E-state index is -1.36. The van der Waals surface area contributed by atoms with Crippen LogP contribution in [0.1, 0.15) is 54.3 Å². The van der Waals surface area contributed by atoms with Crippen LogP contribution < -0.4 is 10.6 Å². The summed E-state index contributed by atoms with van der Waals surface area (Å²) in [7, 11) is 2.94. The van der Waals surface area contributed by atoms with Gasteiger partial charge in [0, 0.05) is 36.4 Å². The molecule has 3 atom stereocenters. The number of carbonyl (C=O) groups excluding carboxylic acids is 3. The van der Waals surface area contributed by atoms with E-state index in [0.717, 1.165) is 5.56 Å². The first-order valence-electron chi connectivity index (χ1n) is 12.8. The number of nitrogens with zero attached hydrogens (tertiary/aromatic N) is 2. The fourth-order valence-corrected chi connectivity index (χ4v) is 5.25. The number of aromatic nitrogens is 1. The molecule has 2 aromatic rings. The van der Waals surface area contributed by atoms with Crippen LogP contribution in [0.3, 0.4) is 0 Å². The van der Waals surface area contributed by atoms with Crippen LogP contribution >= 0.6 is 21.6 Å². The SMILES string of the molecule is CCC(CO)OC(O)COC(=O)CCC(=O)NCCNC(=O)c1ccc(C(C)SSc2ccc([N+](=O)[O-])cn2)cc1. The number of nitro groups is 1. The molecule has 1 aromatic heterocycles. The van der Waals surface area contributed by atoms with Crippen LogP contribution in [0.15, 0.2) is 47.6 Å². The zero-order valence-electron chi connectivity index (χ0n) is 22.7. The van der Waals surface area contributed by atoms with Crippen molar-refractivity contribution in [2.75, 3.05) is 26.3 Å². The quantitative estimate of drug-likeness (QED) is 0.0483. The van der Waals surface area contributed by atoms with Crippen LogP contribution in [-0.4, -0.2) is 76.6 Å². The molecule has 2 amide bonds. The van der Waals surface area contributed by atoms with E-state index in [1.807, 2.05) is 19.1 Å². The minimum Gasteiger partial charge on any atom is -0.460 e. The highest BCUT2D eigenvalue weighted by molar-refractivity contribution is 8.76. The second-order valence-electron chi connectivity index (χ2n) is 8.65. The number of nitrogens with one attached hydrogen (secondary N) is 2. The Morgan fingerprint density at radius 3 is 2.41 bits per heavy atom. The van der Waals surface area contributed by atoms with E-state index in [1.54, 1.807) is 25.1 Å². The number of ether oxygens (including phenoxy) is 2. The Hall–Kier alpha value is -3.24.